The average molecular weight is 545 g/mol. The number of benzene rings is 2. The second-order valence-electron chi connectivity index (χ2n) is 6.50. The van der Waals surface area contributed by atoms with Crippen molar-refractivity contribution in [2.75, 3.05) is 16.6 Å². The maximum Gasteiger partial charge on any atom is 0.263 e. The number of carbonyl (C=O) groups excluding carboxylic acids is 1. The molecule has 1 amide bonds. The van der Waals surface area contributed by atoms with Gasteiger partial charge < -0.3 is 15.4 Å². The summed E-state index contributed by atoms with van der Waals surface area (Å²) in [6.45, 7) is 0.292. The van der Waals surface area contributed by atoms with Gasteiger partial charge in [0.15, 0.2) is 10.2 Å². The molecule has 0 radical (unpaired) electrons. The lowest BCUT2D eigenvalue weighted by Crippen LogP contribution is -2.34. The van der Waals surface area contributed by atoms with E-state index in [1.54, 1.807) is 35.7 Å². The number of halogens is 2. The van der Waals surface area contributed by atoms with Crippen LogP contribution in [0.3, 0.4) is 0 Å². The smallest absolute Gasteiger partial charge is 0.263 e. The number of amides is 1. The van der Waals surface area contributed by atoms with E-state index < -0.39 is 10.0 Å². The van der Waals surface area contributed by atoms with Crippen LogP contribution in [0, 0.1) is 0 Å². The van der Waals surface area contributed by atoms with Crippen molar-refractivity contribution in [1.29, 1.82) is 0 Å². The molecular formula is C20H18Cl2N4O4S3. The van der Waals surface area contributed by atoms with E-state index in [0.717, 1.165) is 0 Å². The van der Waals surface area contributed by atoms with Gasteiger partial charge in [-0.3, -0.25) is 9.52 Å². The molecule has 3 rings (SSSR count). The van der Waals surface area contributed by atoms with Crippen molar-refractivity contribution < 1.29 is 17.9 Å². The Labute approximate surface area is 210 Å². The summed E-state index contributed by atoms with van der Waals surface area (Å²) >= 11 is 18.2. The fraction of sp³-hybridized carbons (Fsp3) is 0.150. The summed E-state index contributed by atoms with van der Waals surface area (Å²) < 4.78 is 32.6. The fourth-order valence-electron chi connectivity index (χ4n) is 2.52. The third-order valence-electron chi connectivity index (χ3n) is 4.03. The Hall–Kier alpha value is -2.44. The Kier molecular flexibility index (Phi) is 8.87. The number of aromatic nitrogens is 1. The second kappa shape index (κ2) is 11.6. The van der Waals surface area contributed by atoms with Crippen LogP contribution in [0.1, 0.15) is 12.8 Å². The van der Waals surface area contributed by atoms with E-state index in [0.29, 0.717) is 34.5 Å². The van der Waals surface area contributed by atoms with Gasteiger partial charge in [0.05, 0.1) is 16.5 Å². The van der Waals surface area contributed by atoms with Crippen molar-refractivity contribution in [3.05, 3.63) is 64.1 Å². The lowest BCUT2D eigenvalue weighted by molar-refractivity contribution is -0.119. The van der Waals surface area contributed by atoms with E-state index in [9.17, 15) is 13.2 Å². The van der Waals surface area contributed by atoms with Gasteiger partial charge in [-0.1, -0.05) is 23.2 Å². The van der Waals surface area contributed by atoms with Crippen LogP contribution in [0.15, 0.2) is 58.9 Å². The van der Waals surface area contributed by atoms with Gasteiger partial charge in [-0.15, -0.1) is 11.3 Å². The molecular weight excluding hydrogens is 527 g/mol. The predicted molar refractivity (Wildman–Crippen MR) is 135 cm³/mol. The molecule has 13 heteroatoms. The summed E-state index contributed by atoms with van der Waals surface area (Å²) in [5.74, 6) is 0.205. The number of carbonyl (C=O) groups is 1. The molecule has 0 fully saturated rings. The van der Waals surface area contributed by atoms with Gasteiger partial charge in [-0.05, 0) is 61.1 Å². The number of thiazole rings is 1. The minimum Gasteiger partial charge on any atom is -0.492 e. The molecule has 8 nitrogen and oxygen atoms in total. The van der Waals surface area contributed by atoms with E-state index in [1.165, 1.54) is 29.7 Å². The molecule has 1 aromatic heterocycles. The molecule has 0 aliphatic rings. The molecule has 0 bridgehead atoms. The number of nitrogens with zero attached hydrogens (tertiary/aromatic N) is 1. The van der Waals surface area contributed by atoms with Gasteiger partial charge in [0.25, 0.3) is 10.0 Å². The van der Waals surface area contributed by atoms with Crippen molar-refractivity contribution in [2.45, 2.75) is 17.7 Å². The normalized spacial score (nSPS) is 11.0. The minimum atomic E-state index is -3.74. The molecule has 0 aliphatic carbocycles. The number of nitrogens with one attached hydrogen (secondary N) is 3. The van der Waals surface area contributed by atoms with Crippen molar-refractivity contribution in [1.82, 2.24) is 10.3 Å². The zero-order chi connectivity index (χ0) is 23.8. The molecule has 0 saturated heterocycles. The molecule has 2 aromatic carbocycles. The first-order chi connectivity index (χ1) is 15.7. The molecule has 3 aromatic rings. The minimum absolute atomic E-state index is 0.0685. The van der Waals surface area contributed by atoms with Crippen LogP contribution in [-0.2, 0) is 14.8 Å². The van der Waals surface area contributed by atoms with Crippen LogP contribution >= 0.6 is 46.8 Å². The Morgan fingerprint density at radius 1 is 1.15 bits per heavy atom. The zero-order valence-corrected chi connectivity index (χ0v) is 20.8. The summed E-state index contributed by atoms with van der Waals surface area (Å²) in [4.78, 5) is 16.0. The van der Waals surface area contributed by atoms with Gasteiger partial charge in [0, 0.05) is 28.7 Å². The maximum atomic E-state index is 12.4. The van der Waals surface area contributed by atoms with Crippen molar-refractivity contribution in [2.24, 2.45) is 0 Å². The van der Waals surface area contributed by atoms with E-state index in [4.69, 9.17) is 40.2 Å². The molecule has 0 spiro atoms. The summed E-state index contributed by atoms with van der Waals surface area (Å²) in [5.41, 5.74) is 0.522. The third-order valence-corrected chi connectivity index (χ3v) is 6.94. The fourth-order valence-corrected chi connectivity index (χ4v) is 5.01. The second-order valence-corrected chi connectivity index (χ2v) is 10.3. The molecule has 0 aliphatic heterocycles. The van der Waals surface area contributed by atoms with Gasteiger partial charge >= 0.3 is 0 Å². The quantitative estimate of drug-likeness (QED) is 0.259. The van der Waals surface area contributed by atoms with Crippen LogP contribution in [0.5, 0.6) is 5.75 Å². The highest BCUT2D eigenvalue weighted by atomic mass is 35.5. The summed E-state index contributed by atoms with van der Waals surface area (Å²) in [7, 11) is -3.74. The number of hydrogen-bond acceptors (Lipinski definition) is 7. The molecule has 0 saturated carbocycles. The summed E-state index contributed by atoms with van der Waals surface area (Å²) in [5, 5.41) is 8.36. The Morgan fingerprint density at radius 3 is 2.58 bits per heavy atom. The number of thiocarbonyl (C=S) groups is 1. The molecule has 0 atom stereocenters. The first-order valence-corrected chi connectivity index (χ1v) is 13.0. The van der Waals surface area contributed by atoms with E-state index in [1.807, 2.05) is 0 Å². The van der Waals surface area contributed by atoms with Crippen molar-refractivity contribution in [3.63, 3.8) is 0 Å². The lowest BCUT2D eigenvalue weighted by Gasteiger charge is -2.11. The summed E-state index contributed by atoms with van der Waals surface area (Å²) in [6, 6.07) is 10.8. The Balaban J connectivity index is 1.42. The van der Waals surface area contributed by atoms with Gasteiger partial charge in [-0.25, -0.2) is 13.4 Å². The standard InChI is InChI=1S/C20H18Cl2N4O4S3/c21-13-3-8-17(16(22)12-13)30-10-1-2-18(27)25-19(31)24-14-4-6-15(7-5-14)33(28,29)26-20-23-9-11-32-20/h3-9,11-12H,1-2,10H2,(H,23,26)(H2,24,25,27,31). The van der Waals surface area contributed by atoms with Crippen molar-refractivity contribution in [3.8, 4) is 5.75 Å². The lowest BCUT2D eigenvalue weighted by atomic mass is 10.3. The van der Waals surface area contributed by atoms with E-state index in [2.05, 4.69) is 20.3 Å². The highest BCUT2D eigenvalue weighted by molar-refractivity contribution is 7.93. The number of sulfonamides is 1. The van der Waals surface area contributed by atoms with Gasteiger partial charge in [0.2, 0.25) is 5.91 Å². The average Bonchev–Trinajstić information content (AvgIpc) is 3.25. The monoisotopic (exact) mass is 544 g/mol. The maximum absolute atomic E-state index is 12.4. The van der Waals surface area contributed by atoms with Crippen LogP contribution < -0.4 is 20.1 Å². The van der Waals surface area contributed by atoms with E-state index in [-0.39, 0.29) is 27.5 Å². The number of rotatable bonds is 9. The summed E-state index contributed by atoms with van der Waals surface area (Å²) in [6.07, 6.45) is 2.14. The molecule has 174 valence electrons. The topological polar surface area (TPSA) is 109 Å². The number of ether oxygens (including phenoxy) is 1. The largest absolute Gasteiger partial charge is 0.492 e. The van der Waals surface area contributed by atoms with Gasteiger partial charge in [0.1, 0.15) is 5.75 Å². The predicted octanol–water partition coefficient (Wildman–Crippen LogP) is 4.92. The van der Waals surface area contributed by atoms with Crippen LogP contribution in [0.25, 0.3) is 0 Å². The Morgan fingerprint density at radius 2 is 1.91 bits per heavy atom. The van der Waals surface area contributed by atoms with E-state index >= 15 is 0 Å². The molecule has 33 heavy (non-hydrogen) atoms. The highest BCUT2D eigenvalue weighted by Crippen LogP contribution is 2.27. The van der Waals surface area contributed by atoms with Crippen LogP contribution in [0.2, 0.25) is 10.0 Å². The van der Waals surface area contributed by atoms with Crippen LogP contribution in [-0.4, -0.2) is 31.0 Å². The Bertz CT molecular complexity index is 1220. The highest BCUT2D eigenvalue weighted by Gasteiger charge is 2.15. The van der Waals surface area contributed by atoms with Gasteiger partial charge in [-0.2, -0.15) is 0 Å². The number of anilines is 2. The third kappa shape index (κ3) is 7.83. The van der Waals surface area contributed by atoms with Crippen LogP contribution in [0.4, 0.5) is 10.8 Å². The first-order valence-electron chi connectivity index (χ1n) is 9.44. The number of hydrogen-bond donors (Lipinski definition) is 3. The zero-order valence-electron chi connectivity index (χ0n) is 16.9. The molecule has 3 N–H and O–H groups in total. The first kappa shape index (κ1) is 25.2. The SMILES string of the molecule is O=C(CCCOc1ccc(Cl)cc1Cl)NC(=S)Nc1ccc(S(=O)(=O)Nc2nccs2)cc1. The van der Waals surface area contributed by atoms with Crippen molar-refractivity contribution >= 4 is 78.6 Å². The molecule has 1 heterocycles. The molecule has 0 unspecified atom stereocenters.